The van der Waals surface area contributed by atoms with Crippen molar-refractivity contribution in [2.45, 2.75) is 0 Å². The van der Waals surface area contributed by atoms with Gasteiger partial charge in [0.1, 0.15) is 0 Å². The van der Waals surface area contributed by atoms with E-state index in [1.165, 1.54) is 33.4 Å². The number of hydrogen-bond acceptors (Lipinski definition) is 6. The van der Waals surface area contributed by atoms with Crippen LogP contribution in [0, 0.1) is 0 Å². The molecular formula is C54H40N6Ru. The fraction of sp³-hybridized carbons (Fsp3) is 0. The molecule has 0 unspecified atom stereocenters. The third kappa shape index (κ3) is 11.3. The van der Waals surface area contributed by atoms with Crippen molar-refractivity contribution in [3.63, 3.8) is 0 Å². The van der Waals surface area contributed by atoms with Crippen LogP contribution < -0.4 is 0 Å². The van der Waals surface area contributed by atoms with E-state index in [0.29, 0.717) is 0 Å². The Bertz CT molecular complexity index is 2650. The molecule has 0 aliphatic heterocycles. The van der Waals surface area contributed by atoms with Gasteiger partial charge in [0.05, 0.1) is 34.2 Å². The maximum absolute atomic E-state index is 4.49. The average molecular weight is 874 g/mol. The fourth-order valence-electron chi connectivity index (χ4n) is 6.52. The van der Waals surface area contributed by atoms with Gasteiger partial charge in [-0.25, -0.2) is 0 Å². The van der Waals surface area contributed by atoms with E-state index in [-0.39, 0.29) is 19.5 Å². The van der Waals surface area contributed by atoms with Crippen molar-refractivity contribution >= 4 is 0 Å². The Morgan fingerprint density at radius 3 is 0.721 bits per heavy atom. The molecule has 0 spiro atoms. The number of aromatic nitrogens is 6. The summed E-state index contributed by atoms with van der Waals surface area (Å²) in [6.45, 7) is 0. The van der Waals surface area contributed by atoms with Crippen molar-refractivity contribution in [2.75, 3.05) is 0 Å². The van der Waals surface area contributed by atoms with Gasteiger partial charge in [0, 0.05) is 56.7 Å². The van der Waals surface area contributed by atoms with Crippen LogP contribution in [0.1, 0.15) is 0 Å². The number of nitrogens with zero attached hydrogens (tertiary/aromatic N) is 6. The van der Waals surface area contributed by atoms with Crippen LogP contribution >= 0.6 is 0 Å². The standard InChI is InChI=1S/C34H24N2.2C10H8N2.Ru/c1-2-6-25(7-3-1)26-9-11-27(12-10-26)28-13-15-29(16-14-28)30-17-19-31(20-18-30)32-21-23-36-34(24-32)33-8-4-5-22-35-33;2*1-3-7-11-9(5-1)10-6-2-4-8-12-10;/h1-24H;2*1-8H;. The fourth-order valence-corrected chi connectivity index (χ4v) is 6.52. The van der Waals surface area contributed by atoms with Gasteiger partial charge < -0.3 is 0 Å². The van der Waals surface area contributed by atoms with Crippen LogP contribution in [0.5, 0.6) is 0 Å². The van der Waals surface area contributed by atoms with E-state index in [4.69, 9.17) is 0 Å². The monoisotopic (exact) mass is 874 g/mol. The molecule has 0 saturated carbocycles. The molecule has 294 valence electrons. The number of benzene rings is 4. The molecule has 0 radical (unpaired) electrons. The largest absolute Gasteiger partial charge is 0.255 e. The minimum atomic E-state index is 0. The second-order valence-corrected chi connectivity index (χ2v) is 13.6. The summed E-state index contributed by atoms with van der Waals surface area (Å²) in [6, 6.07) is 69.9. The van der Waals surface area contributed by atoms with Crippen LogP contribution in [-0.4, -0.2) is 29.9 Å². The van der Waals surface area contributed by atoms with E-state index >= 15 is 0 Å². The van der Waals surface area contributed by atoms with Crippen molar-refractivity contribution in [1.82, 2.24) is 29.9 Å². The van der Waals surface area contributed by atoms with Gasteiger partial charge in [0.2, 0.25) is 0 Å². The van der Waals surface area contributed by atoms with Gasteiger partial charge in [-0.2, -0.15) is 0 Å². The Morgan fingerprint density at radius 2 is 0.426 bits per heavy atom. The quantitative estimate of drug-likeness (QED) is 0.148. The molecule has 0 aliphatic carbocycles. The van der Waals surface area contributed by atoms with Crippen LogP contribution in [0.3, 0.4) is 0 Å². The third-order valence-corrected chi connectivity index (χ3v) is 9.63. The summed E-state index contributed by atoms with van der Waals surface area (Å²) in [4.78, 5) is 25.7. The smallest absolute Gasteiger partial charge is 0.0892 e. The van der Waals surface area contributed by atoms with E-state index in [1.807, 2.05) is 109 Å². The van der Waals surface area contributed by atoms with Crippen LogP contribution in [0.25, 0.3) is 78.7 Å². The van der Waals surface area contributed by atoms with Gasteiger partial charge in [-0.1, -0.05) is 133 Å². The first-order valence-electron chi connectivity index (χ1n) is 19.7. The molecule has 4 aromatic carbocycles. The topological polar surface area (TPSA) is 77.3 Å². The summed E-state index contributed by atoms with van der Waals surface area (Å²) < 4.78 is 0. The SMILES string of the molecule is [Ru].c1ccc(-c2ccc(-c3ccc(-c4ccc(-c5ccnc(-c6ccccn6)c5)cc4)cc3)cc2)cc1.c1ccc(-c2ccccn2)nc1.c1ccc(-c2ccccn2)nc1. The summed E-state index contributed by atoms with van der Waals surface area (Å²) in [5.74, 6) is 0. The first-order valence-corrected chi connectivity index (χ1v) is 19.7. The number of hydrogen-bond donors (Lipinski definition) is 0. The predicted molar refractivity (Wildman–Crippen MR) is 244 cm³/mol. The molecule has 6 nitrogen and oxygen atoms in total. The Morgan fingerprint density at radius 1 is 0.180 bits per heavy atom. The zero-order chi connectivity index (χ0) is 40.6. The second-order valence-electron chi connectivity index (χ2n) is 13.6. The molecule has 0 aliphatic rings. The van der Waals surface area contributed by atoms with Crippen molar-refractivity contribution in [3.05, 3.63) is 243 Å². The van der Waals surface area contributed by atoms with Crippen molar-refractivity contribution in [3.8, 4) is 78.7 Å². The molecule has 7 heteroatoms. The van der Waals surface area contributed by atoms with Crippen LogP contribution in [0.15, 0.2) is 243 Å². The van der Waals surface area contributed by atoms with Crippen molar-refractivity contribution < 1.29 is 19.5 Å². The summed E-state index contributed by atoms with van der Waals surface area (Å²) in [7, 11) is 0. The molecule has 10 rings (SSSR count). The zero-order valence-corrected chi connectivity index (χ0v) is 34.9. The van der Waals surface area contributed by atoms with Gasteiger partial charge in [0.25, 0.3) is 0 Å². The number of pyridine rings is 6. The molecule has 0 atom stereocenters. The first kappa shape index (κ1) is 41.6. The van der Waals surface area contributed by atoms with Gasteiger partial charge >= 0.3 is 0 Å². The van der Waals surface area contributed by atoms with Gasteiger partial charge in [-0.15, -0.1) is 0 Å². The van der Waals surface area contributed by atoms with Gasteiger partial charge in [-0.3, -0.25) is 29.9 Å². The van der Waals surface area contributed by atoms with Gasteiger partial charge in [0.15, 0.2) is 0 Å². The molecule has 0 fully saturated rings. The van der Waals surface area contributed by atoms with E-state index in [9.17, 15) is 0 Å². The minimum absolute atomic E-state index is 0. The first-order chi connectivity index (χ1) is 29.8. The maximum atomic E-state index is 4.49. The Labute approximate surface area is 369 Å². The summed E-state index contributed by atoms with van der Waals surface area (Å²) in [5.41, 5.74) is 15.0. The molecule has 0 N–H and O–H groups in total. The molecule has 0 amide bonds. The zero-order valence-electron chi connectivity index (χ0n) is 33.1. The summed E-state index contributed by atoms with van der Waals surface area (Å²) in [6.07, 6.45) is 10.7. The van der Waals surface area contributed by atoms with Crippen molar-refractivity contribution in [2.24, 2.45) is 0 Å². The molecule has 61 heavy (non-hydrogen) atoms. The molecule has 0 bridgehead atoms. The Kier molecular flexibility index (Phi) is 14.6. The van der Waals surface area contributed by atoms with Crippen molar-refractivity contribution in [1.29, 1.82) is 0 Å². The van der Waals surface area contributed by atoms with Crippen LogP contribution in [-0.2, 0) is 19.5 Å². The van der Waals surface area contributed by atoms with E-state index in [1.54, 1.807) is 31.0 Å². The molecule has 10 aromatic rings. The molecular weight excluding hydrogens is 834 g/mol. The third-order valence-electron chi connectivity index (χ3n) is 9.63. The van der Waals surface area contributed by atoms with Gasteiger partial charge in [-0.05, 0) is 117 Å². The maximum Gasteiger partial charge on any atom is 0.0892 e. The van der Waals surface area contributed by atoms with E-state index in [0.717, 1.165) is 45.3 Å². The number of rotatable bonds is 7. The normalized spacial score (nSPS) is 10.2. The second kappa shape index (κ2) is 21.4. The minimum Gasteiger partial charge on any atom is -0.255 e. The predicted octanol–water partition coefficient (Wildman–Crippen LogP) is 13.1. The Hall–Kier alpha value is -7.60. The Balaban J connectivity index is 0.000000182. The average Bonchev–Trinajstić information content (AvgIpc) is 3.36. The summed E-state index contributed by atoms with van der Waals surface area (Å²) >= 11 is 0. The molecule has 6 aromatic heterocycles. The molecule has 0 saturated heterocycles. The van der Waals surface area contributed by atoms with Crippen LogP contribution in [0.2, 0.25) is 0 Å². The molecule has 6 heterocycles. The van der Waals surface area contributed by atoms with E-state index < -0.39 is 0 Å². The van der Waals surface area contributed by atoms with Crippen LogP contribution in [0.4, 0.5) is 0 Å². The van der Waals surface area contributed by atoms with E-state index in [2.05, 4.69) is 133 Å². The summed E-state index contributed by atoms with van der Waals surface area (Å²) in [5, 5.41) is 0.